The molecule has 0 N–H and O–H groups in total. The van der Waals surface area contributed by atoms with Crippen LogP contribution < -0.4 is 9.62 Å². The first kappa shape index (κ1) is 12.1. The second-order valence-electron chi connectivity index (χ2n) is 4.43. The predicted octanol–water partition coefficient (Wildman–Crippen LogP) is 3.54. The molecule has 0 fully saturated rings. The Balaban J connectivity index is 2.08. The maximum atomic E-state index is 5.72. The molecule has 98 valence electrons. The van der Waals surface area contributed by atoms with Gasteiger partial charge in [-0.1, -0.05) is 36.4 Å². The van der Waals surface area contributed by atoms with E-state index in [-0.39, 0.29) is 5.92 Å². The molecule has 0 saturated heterocycles. The van der Waals surface area contributed by atoms with Crippen LogP contribution in [0.2, 0.25) is 0 Å². The van der Waals surface area contributed by atoms with Crippen LogP contribution in [0.4, 0.5) is 0 Å². The van der Waals surface area contributed by atoms with E-state index in [4.69, 9.17) is 14.5 Å². The van der Waals surface area contributed by atoms with Crippen molar-refractivity contribution in [2.45, 2.75) is 12.8 Å². The minimum Gasteiger partial charge on any atom is -0.493 e. The molecule has 0 bridgehead atoms. The normalized spacial score (nSPS) is 17.4. The molecule has 1 heterocycles. The van der Waals surface area contributed by atoms with Crippen LogP contribution in [-0.2, 0) is 4.89 Å². The summed E-state index contributed by atoms with van der Waals surface area (Å²) in [7, 11) is 0. The summed E-state index contributed by atoms with van der Waals surface area (Å²) in [5, 5.41) is 0. The fraction of sp³-hybridized carbons (Fsp3) is 0.250. The van der Waals surface area contributed by atoms with Crippen molar-refractivity contribution in [3.63, 3.8) is 0 Å². The molecule has 3 nitrogen and oxygen atoms in total. The lowest BCUT2D eigenvalue weighted by Gasteiger charge is -2.26. The van der Waals surface area contributed by atoms with Gasteiger partial charge in [0.05, 0.1) is 12.2 Å². The zero-order valence-corrected chi connectivity index (χ0v) is 10.8. The first-order valence-corrected chi connectivity index (χ1v) is 6.50. The van der Waals surface area contributed by atoms with Crippen LogP contribution in [-0.4, -0.2) is 13.2 Å². The van der Waals surface area contributed by atoms with Crippen molar-refractivity contribution in [3.8, 4) is 11.5 Å². The van der Waals surface area contributed by atoms with E-state index < -0.39 is 0 Å². The van der Waals surface area contributed by atoms with Gasteiger partial charge in [-0.15, -0.1) is 0 Å². The van der Waals surface area contributed by atoms with Gasteiger partial charge in [0.1, 0.15) is 12.4 Å². The van der Waals surface area contributed by atoms with Gasteiger partial charge in [0.25, 0.3) is 0 Å². The average molecular weight is 256 g/mol. The van der Waals surface area contributed by atoms with E-state index in [9.17, 15) is 0 Å². The number of hydrogen-bond donors (Lipinski definition) is 0. The highest BCUT2D eigenvalue weighted by Crippen LogP contribution is 2.41. The lowest BCUT2D eigenvalue weighted by atomic mass is 9.90. The van der Waals surface area contributed by atoms with Crippen molar-refractivity contribution in [1.82, 2.24) is 0 Å². The molecule has 1 aliphatic heterocycles. The third-order valence-electron chi connectivity index (χ3n) is 3.26. The molecule has 3 heteroatoms. The van der Waals surface area contributed by atoms with E-state index >= 15 is 0 Å². The Hall–Kier alpha value is -2.00. The first-order chi connectivity index (χ1) is 9.40. The third kappa shape index (κ3) is 2.29. The maximum absolute atomic E-state index is 5.72. The van der Waals surface area contributed by atoms with E-state index in [0.717, 1.165) is 17.1 Å². The minimum atomic E-state index is 0.146. The summed E-state index contributed by atoms with van der Waals surface area (Å²) in [5.41, 5.74) is 2.28. The highest BCUT2D eigenvalue weighted by molar-refractivity contribution is 5.51. The molecule has 2 aromatic rings. The van der Waals surface area contributed by atoms with Crippen LogP contribution in [0.3, 0.4) is 0 Å². The van der Waals surface area contributed by atoms with Gasteiger partial charge in [-0.05, 0) is 24.6 Å². The number of fused-ring (bicyclic) bond motifs is 1. The van der Waals surface area contributed by atoms with Crippen molar-refractivity contribution in [2.75, 3.05) is 13.2 Å². The van der Waals surface area contributed by atoms with Crippen molar-refractivity contribution >= 4 is 0 Å². The molecular formula is C16H16O3. The van der Waals surface area contributed by atoms with Crippen LogP contribution >= 0.6 is 0 Å². The smallest absolute Gasteiger partial charge is 0.173 e. The van der Waals surface area contributed by atoms with Gasteiger partial charge in [-0.2, -0.15) is 4.89 Å². The summed E-state index contributed by atoms with van der Waals surface area (Å²) in [4.78, 5) is 10.5. The summed E-state index contributed by atoms with van der Waals surface area (Å²) < 4.78 is 5.72. The highest BCUT2D eigenvalue weighted by Gasteiger charge is 2.28. The third-order valence-corrected chi connectivity index (χ3v) is 3.26. The van der Waals surface area contributed by atoms with Gasteiger partial charge in [0, 0.05) is 5.92 Å². The second kappa shape index (κ2) is 5.33. The van der Waals surface area contributed by atoms with Crippen LogP contribution in [0.1, 0.15) is 24.0 Å². The zero-order chi connectivity index (χ0) is 13.1. The maximum Gasteiger partial charge on any atom is 0.173 e. The van der Waals surface area contributed by atoms with Crippen molar-refractivity contribution in [3.05, 3.63) is 59.7 Å². The molecule has 0 aromatic heterocycles. The summed E-state index contributed by atoms with van der Waals surface area (Å²) in [5.74, 6) is 1.76. The van der Waals surface area contributed by atoms with E-state index in [2.05, 4.69) is 12.1 Å². The Morgan fingerprint density at radius 1 is 1.11 bits per heavy atom. The molecule has 0 saturated carbocycles. The Kier molecular flexibility index (Phi) is 3.38. The Morgan fingerprint density at radius 3 is 2.74 bits per heavy atom. The summed E-state index contributed by atoms with van der Waals surface area (Å²) in [6.07, 6.45) is 0. The number of benzene rings is 2. The Bertz CT molecular complexity index is 551. The average Bonchev–Trinajstić information content (AvgIpc) is 2.48. The number of hydrogen-bond acceptors (Lipinski definition) is 3. The van der Waals surface area contributed by atoms with E-state index in [1.54, 1.807) is 0 Å². The van der Waals surface area contributed by atoms with Crippen LogP contribution in [0.5, 0.6) is 11.5 Å². The van der Waals surface area contributed by atoms with Gasteiger partial charge in [0.2, 0.25) is 0 Å². The van der Waals surface area contributed by atoms with E-state index in [0.29, 0.717) is 13.2 Å². The molecule has 3 rings (SSSR count). The number of rotatable bonds is 3. The molecule has 0 amide bonds. The van der Waals surface area contributed by atoms with Gasteiger partial charge >= 0.3 is 0 Å². The zero-order valence-electron chi connectivity index (χ0n) is 10.8. The van der Waals surface area contributed by atoms with Gasteiger partial charge in [-0.3, -0.25) is 0 Å². The molecule has 0 aliphatic carbocycles. The molecule has 19 heavy (non-hydrogen) atoms. The predicted molar refractivity (Wildman–Crippen MR) is 72.5 cm³/mol. The molecule has 0 spiro atoms. The fourth-order valence-electron chi connectivity index (χ4n) is 2.42. The summed E-state index contributed by atoms with van der Waals surface area (Å²) in [6.45, 7) is 3.12. The molecule has 1 unspecified atom stereocenters. The van der Waals surface area contributed by atoms with E-state index in [1.807, 2.05) is 43.3 Å². The fourth-order valence-corrected chi connectivity index (χ4v) is 2.42. The number of ether oxygens (including phenoxy) is 1. The quantitative estimate of drug-likeness (QED) is 0.786. The topological polar surface area (TPSA) is 27.7 Å². The molecule has 1 atom stereocenters. The van der Waals surface area contributed by atoms with Crippen LogP contribution in [0, 0.1) is 0 Å². The summed E-state index contributed by atoms with van der Waals surface area (Å²) >= 11 is 0. The van der Waals surface area contributed by atoms with Gasteiger partial charge in [-0.25, -0.2) is 0 Å². The standard InChI is InChI=1S/C16H16O3/c1-2-17-14-9-6-10-15-16(14)13(11-18-19-15)12-7-4-3-5-8-12/h3-10,13H,2,11H2,1H3. The monoisotopic (exact) mass is 256 g/mol. The Morgan fingerprint density at radius 2 is 1.95 bits per heavy atom. The van der Waals surface area contributed by atoms with E-state index in [1.165, 1.54) is 5.56 Å². The van der Waals surface area contributed by atoms with Crippen LogP contribution in [0.25, 0.3) is 0 Å². The largest absolute Gasteiger partial charge is 0.493 e. The Labute approximate surface area is 112 Å². The second-order valence-corrected chi connectivity index (χ2v) is 4.43. The molecule has 1 aliphatic rings. The lowest BCUT2D eigenvalue weighted by Crippen LogP contribution is -2.19. The SMILES string of the molecule is CCOc1cccc2c1C(c1ccccc1)COO2. The highest BCUT2D eigenvalue weighted by atomic mass is 17.2. The molecule has 2 aromatic carbocycles. The van der Waals surface area contributed by atoms with Gasteiger partial charge in [0.15, 0.2) is 5.75 Å². The lowest BCUT2D eigenvalue weighted by molar-refractivity contribution is -0.219. The first-order valence-electron chi connectivity index (χ1n) is 6.50. The molecule has 0 radical (unpaired) electrons. The van der Waals surface area contributed by atoms with Crippen molar-refractivity contribution in [1.29, 1.82) is 0 Å². The van der Waals surface area contributed by atoms with Crippen molar-refractivity contribution in [2.24, 2.45) is 0 Å². The van der Waals surface area contributed by atoms with Crippen LogP contribution in [0.15, 0.2) is 48.5 Å². The van der Waals surface area contributed by atoms with Crippen molar-refractivity contribution < 1.29 is 14.5 Å². The molecular weight excluding hydrogens is 240 g/mol. The minimum absolute atomic E-state index is 0.146. The summed E-state index contributed by atoms with van der Waals surface area (Å²) in [6, 6.07) is 16.1. The van der Waals surface area contributed by atoms with Gasteiger partial charge < -0.3 is 9.62 Å².